The molecule has 9 heteroatoms. The van der Waals surface area contributed by atoms with Gasteiger partial charge in [0.25, 0.3) is 0 Å². The summed E-state index contributed by atoms with van der Waals surface area (Å²) in [5.74, 6) is -3.97. The van der Waals surface area contributed by atoms with Crippen molar-refractivity contribution >= 4 is 34.9 Å². The molecule has 5 aromatic rings. The molecule has 3 nitrogen and oxygen atoms in total. The third-order valence-corrected chi connectivity index (χ3v) is 7.91. The number of halogens is 5. The number of thioether (sulfide) groups is 1. The van der Waals surface area contributed by atoms with E-state index in [1.807, 2.05) is 54.6 Å². The summed E-state index contributed by atoms with van der Waals surface area (Å²) in [6.07, 6.45) is 2.03. The van der Waals surface area contributed by atoms with Crippen LogP contribution in [0.3, 0.4) is 0 Å². The van der Waals surface area contributed by atoms with Crippen LogP contribution < -0.4 is 4.74 Å². The molecule has 0 amide bonds. The molecule has 0 spiro atoms. The van der Waals surface area contributed by atoms with Crippen LogP contribution in [0.25, 0.3) is 27.8 Å². The van der Waals surface area contributed by atoms with E-state index in [9.17, 15) is 22.4 Å². The zero-order valence-corrected chi connectivity index (χ0v) is 24.4. The summed E-state index contributed by atoms with van der Waals surface area (Å²) >= 11 is 7.78. The molecular formula is C35H23ClF4O3S. The monoisotopic (exact) mass is 634 g/mol. The first-order valence-corrected chi connectivity index (χ1v) is 14.6. The zero-order chi connectivity index (χ0) is 31.2. The lowest BCUT2D eigenvalue weighted by atomic mass is 9.94. The van der Waals surface area contributed by atoms with Crippen LogP contribution >= 0.6 is 23.4 Å². The van der Waals surface area contributed by atoms with Crippen LogP contribution in [0.1, 0.15) is 11.1 Å². The summed E-state index contributed by atoms with van der Waals surface area (Å²) in [7, 11) is 0. The fraction of sp³-hybridized carbons (Fsp3) is 0.0571. The number of rotatable bonds is 10. The topological polar surface area (TPSA) is 46.5 Å². The summed E-state index contributed by atoms with van der Waals surface area (Å²) in [4.78, 5) is 11.6. The average molecular weight is 635 g/mol. The quantitative estimate of drug-likeness (QED) is 0.123. The molecule has 0 radical (unpaired) electrons. The van der Waals surface area contributed by atoms with Crippen LogP contribution in [0.5, 0.6) is 5.75 Å². The first-order chi connectivity index (χ1) is 21.2. The predicted octanol–water partition coefficient (Wildman–Crippen LogP) is 9.92. The SMILES string of the molecule is O=C(O)COc1ccc(SCC=C(c2ccc(-c3ccc(F)c(F)c3)cc2)c2ccc(-c3ccc(F)c(F)c3)cc2)cc1Cl. The number of ether oxygens (including phenoxy) is 1. The fourth-order valence-electron chi connectivity index (χ4n) is 4.49. The minimum absolute atomic E-state index is 0.275. The number of benzene rings is 5. The van der Waals surface area contributed by atoms with Gasteiger partial charge in [0, 0.05) is 10.6 Å². The summed E-state index contributed by atoms with van der Waals surface area (Å²) in [5.41, 5.74) is 5.14. The van der Waals surface area contributed by atoms with Crippen LogP contribution in [0, 0.1) is 23.3 Å². The molecule has 0 aliphatic heterocycles. The van der Waals surface area contributed by atoms with Gasteiger partial charge in [0.2, 0.25) is 0 Å². The van der Waals surface area contributed by atoms with Crippen LogP contribution in [0.4, 0.5) is 17.6 Å². The minimum Gasteiger partial charge on any atom is -0.480 e. The first kappa shape index (κ1) is 30.9. The fourth-order valence-corrected chi connectivity index (χ4v) is 5.60. The molecule has 0 bridgehead atoms. The molecule has 222 valence electrons. The van der Waals surface area contributed by atoms with Crippen molar-refractivity contribution in [2.24, 2.45) is 0 Å². The van der Waals surface area contributed by atoms with E-state index >= 15 is 0 Å². The van der Waals surface area contributed by atoms with Gasteiger partial charge in [0.1, 0.15) is 5.75 Å². The maximum absolute atomic E-state index is 13.8. The lowest BCUT2D eigenvalue weighted by Gasteiger charge is -2.12. The number of aliphatic carboxylic acids is 1. The van der Waals surface area contributed by atoms with Gasteiger partial charge in [-0.15, -0.1) is 11.8 Å². The van der Waals surface area contributed by atoms with Crippen molar-refractivity contribution in [2.45, 2.75) is 4.90 Å². The third kappa shape index (κ3) is 7.51. The van der Waals surface area contributed by atoms with Gasteiger partial charge in [-0.25, -0.2) is 22.4 Å². The molecule has 5 rings (SSSR count). The van der Waals surface area contributed by atoms with E-state index in [0.29, 0.717) is 21.9 Å². The summed E-state index contributed by atoms with van der Waals surface area (Å²) in [5, 5.41) is 9.12. The van der Waals surface area contributed by atoms with Crippen LogP contribution in [-0.4, -0.2) is 23.4 Å². The lowest BCUT2D eigenvalue weighted by molar-refractivity contribution is -0.139. The van der Waals surface area contributed by atoms with Gasteiger partial charge in [0.15, 0.2) is 29.9 Å². The Morgan fingerprint density at radius 1 is 0.682 bits per heavy atom. The van der Waals surface area contributed by atoms with E-state index in [0.717, 1.165) is 57.0 Å². The molecule has 5 aromatic carbocycles. The molecule has 1 N–H and O–H groups in total. The van der Waals surface area contributed by atoms with Crippen molar-refractivity contribution in [1.29, 1.82) is 0 Å². The highest BCUT2D eigenvalue weighted by molar-refractivity contribution is 7.99. The van der Waals surface area contributed by atoms with Crippen LogP contribution in [0.2, 0.25) is 5.02 Å². The third-order valence-electron chi connectivity index (χ3n) is 6.69. The van der Waals surface area contributed by atoms with Gasteiger partial charge >= 0.3 is 5.97 Å². The molecule has 44 heavy (non-hydrogen) atoms. The molecule has 0 saturated heterocycles. The Labute approximate surface area is 260 Å². The Kier molecular flexibility index (Phi) is 9.72. The number of hydrogen-bond donors (Lipinski definition) is 1. The maximum atomic E-state index is 13.8. The van der Waals surface area contributed by atoms with Crippen molar-refractivity contribution in [1.82, 2.24) is 0 Å². The van der Waals surface area contributed by atoms with Gasteiger partial charge in [-0.1, -0.05) is 78.3 Å². The second kappa shape index (κ2) is 13.8. The van der Waals surface area contributed by atoms with Gasteiger partial charge in [-0.2, -0.15) is 0 Å². The predicted molar refractivity (Wildman–Crippen MR) is 166 cm³/mol. The van der Waals surface area contributed by atoms with Crippen LogP contribution in [-0.2, 0) is 4.79 Å². The number of carboxylic acid groups (broad SMARTS) is 1. The molecule has 0 aliphatic rings. The van der Waals surface area contributed by atoms with E-state index in [1.54, 1.807) is 18.2 Å². The van der Waals surface area contributed by atoms with Crippen molar-refractivity contribution in [2.75, 3.05) is 12.4 Å². The van der Waals surface area contributed by atoms with Crippen LogP contribution in [0.15, 0.2) is 114 Å². The Hall–Kier alpha value is -4.53. The normalized spacial score (nSPS) is 10.8. The smallest absolute Gasteiger partial charge is 0.341 e. The Balaban J connectivity index is 1.42. The standard InChI is InChI=1S/C35H23ClF4O3S/c36-29-19-27(11-14-34(29)43-20-35(41)42)44-16-15-28(23-5-1-21(2-6-23)25-9-12-30(37)32(39)17-25)24-7-3-22(4-8-24)26-10-13-31(38)33(40)18-26/h1-15,17-19H,16,20H2,(H,41,42). The molecule has 0 saturated carbocycles. The van der Waals surface area contributed by atoms with Crippen molar-refractivity contribution in [3.63, 3.8) is 0 Å². The highest BCUT2D eigenvalue weighted by atomic mass is 35.5. The number of carbonyl (C=O) groups is 1. The molecule has 0 fully saturated rings. The van der Waals surface area contributed by atoms with E-state index < -0.39 is 35.8 Å². The zero-order valence-electron chi connectivity index (χ0n) is 22.9. The number of hydrogen-bond acceptors (Lipinski definition) is 3. The Morgan fingerprint density at radius 3 is 1.64 bits per heavy atom. The van der Waals surface area contributed by atoms with Gasteiger partial charge < -0.3 is 9.84 Å². The lowest BCUT2D eigenvalue weighted by Crippen LogP contribution is -2.09. The molecular weight excluding hydrogens is 612 g/mol. The highest BCUT2D eigenvalue weighted by Gasteiger charge is 2.11. The molecule has 0 unspecified atom stereocenters. The van der Waals surface area contributed by atoms with Gasteiger partial charge in [0.05, 0.1) is 5.02 Å². The second-order valence-electron chi connectivity index (χ2n) is 9.62. The Bertz CT molecular complexity index is 1740. The van der Waals surface area contributed by atoms with Crippen molar-refractivity contribution in [3.05, 3.63) is 149 Å². The summed E-state index contributed by atoms with van der Waals surface area (Å²) in [6, 6.07) is 27.5. The second-order valence-corrected chi connectivity index (χ2v) is 11.1. The van der Waals surface area contributed by atoms with Crippen molar-refractivity contribution < 1.29 is 32.2 Å². The van der Waals surface area contributed by atoms with E-state index in [-0.39, 0.29) is 5.75 Å². The van der Waals surface area contributed by atoms with E-state index in [4.69, 9.17) is 21.4 Å². The average Bonchev–Trinajstić information content (AvgIpc) is 3.02. The van der Waals surface area contributed by atoms with E-state index in [1.165, 1.54) is 23.9 Å². The molecule has 0 atom stereocenters. The molecule has 0 aromatic heterocycles. The Morgan fingerprint density at radius 2 is 1.18 bits per heavy atom. The highest BCUT2D eigenvalue weighted by Crippen LogP contribution is 2.33. The summed E-state index contributed by atoms with van der Waals surface area (Å²) in [6.45, 7) is -0.498. The minimum atomic E-state index is -1.10. The summed E-state index contributed by atoms with van der Waals surface area (Å²) < 4.78 is 59.7. The van der Waals surface area contributed by atoms with Gasteiger partial charge in [-0.3, -0.25) is 0 Å². The molecule has 0 aliphatic carbocycles. The maximum Gasteiger partial charge on any atom is 0.341 e. The first-order valence-electron chi connectivity index (χ1n) is 13.3. The van der Waals surface area contributed by atoms with E-state index in [2.05, 4.69) is 0 Å². The van der Waals surface area contributed by atoms with Gasteiger partial charge in [-0.05, 0) is 81.4 Å². The van der Waals surface area contributed by atoms with Crippen molar-refractivity contribution in [3.8, 4) is 28.0 Å². The molecule has 0 heterocycles. The largest absolute Gasteiger partial charge is 0.480 e. The number of carboxylic acids is 1.